The lowest BCUT2D eigenvalue weighted by Gasteiger charge is -2.21. The molecular weight excluding hydrogens is 184 g/mol. The van der Waals surface area contributed by atoms with E-state index < -0.39 is 27.2 Å². The molecule has 6 nitrogen and oxygen atoms in total. The molecule has 0 amide bonds. The van der Waals surface area contributed by atoms with Crippen LogP contribution in [0.3, 0.4) is 0 Å². The van der Waals surface area contributed by atoms with Crippen molar-refractivity contribution in [3.63, 3.8) is 0 Å². The van der Waals surface area contributed by atoms with Crippen LogP contribution >= 0.6 is 0 Å². The first-order valence-corrected chi connectivity index (χ1v) is 4.91. The van der Waals surface area contributed by atoms with Gasteiger partial charge < -0.3 is 16.6 Å². The van der Waals surface area contributed by atoms with E-state index in [4.69, 9.17) is 16.6 Å². The van der Waals surface area contributed by atoms with Crippen molar-refractivity contribution in [3.8, 4) is 0 Å². The Balaban J connectivity index is 5.17. The number of aliphatic carboxylic acids is 1. The third-order valence-electron chi connectivity index (χ3n) is 1.60. The summed E-state index contributed by atoms with van der Waals surface area (Å²) in [4.78, 5) is 8.13. The topological polar surface area (TPSA) is 123 Å². The van der Waals surface area contributed by atoms with Gasteiger partial charge in [-0.3, -0.25) is 0 Å². The summed E-state index contributed by atoms with van der Waals surface area (Å²) in [5.74, 6) is -1.96. The SMILES string of the molecule is CCS(=O)(=O)C(N)(CN)C(=O)O. The minimum Gasteiger partial charge on any atom is -0.479 e. The van der Waals surface area contributed by atoms with Crippen LogP contribution in [0.15, 0.2) is 0 Å². The highest BCUT2D eigenvalue weighted by Crippen LogP contribution is 2.10. The molecule has 0 aliphatic heterocycles. The first-order chi connectivity index (χ1) is 5.31. The number of sulfone groups is 1. The lowest BCUT2D eigenvalue weighted by atomic mass is 10.3. The molecule has 0 saturated carbocycles. The van der Waals surface area contributed by atoms with Crippen LogP contribution < -0.4 is 11.5 Å². The fourth-order valence-corrected chi connectivity index (χ4v) is 1.64. The lowest BCUT2D eigenvalue weighted by molar-refractivity contribution is -0.139. The van der Waals surface area contributed by atoms with Gasteiger partial charge in [0, 0.05) is 12.3 Å². The Kier molecular flexibility index (Phi) is 3.19. The maximum absolute atomic E-state index is 11.1. The summed E-state index contributed by atoms with van der Waals surface area (Å²) in [6.07, 6.45) is 0. The number of carboxylic acids is 1. The predicted octanol–water partition coefficient (Wildman–Crippen LogP) is -1.88. The minimum atomic E-state index is -3.86. The molecule has 0 radical (unpaired) electrons. The first kappa shape index (κ1) is 11.3. The van der Waals surface area contributed by atoms with E-state index in [1.807, 2.05) is 0 Å². The van der Waals surface area contributed by atoms with Gasteiger partial charge in [0.15, 0.2) is 9.84 Å². The summed E-state index contributed by atoms with van der Waals surface area (Å²) in [6, 6.07) is 0. The Morgan fingerprint density at radius 3 is 2.08 bits per heavy atom. The highest BCUT2D eigenvalue weighted by atomic mass is 32.2. The van der Waals surface area contributed by atoms with Crippen molar-refractivity contribution < 1.29 is 18.3 Å². The molecule has 0 rings (SSSR count). The third-order valence-corrected chi connectivity index (χ3v) is 3.81. The molecule has 0 aliphatic rings. The van der Waals surface area contributed by atoms with E-state index in [-0.39, 0.29) is 5.75 Å². The monoisotopic (exact) mass is 196 g/mol. The summed E-state index contributed by atoms with van der Waals surface area (Å²) in [7, 11) is -3.86. The summed E-state index contributed by atoms with van der Waals surface area (Å²) in [5.41, 5.74) is 10.1. The molecule has 0 heterocycles. The highest BCUT2D eigenvalue weighted by Gasteiger charge is 2.45. The van der Waals surface area contributed by atoms with Crippen LogP contribution in [-0.4, -0.2) is 36.7 Å². The maximum atomic E-state index is 11.1. The second-order valence-electron chi connectivity index (χ2n) is 2.30. The van der Waals surface area contributed by atoms with Gasteiger partial charge in [0.2, 0.25) is 4.87 Å². The van der Waals surface area contributed by atoms with Crippen LogP contribution in [0.5, 0.6) is 0 Å². The Bertz CT molecular complexity index is 273. The predicted molar refractivity (Wildman–Crippen MR) is 43.1 cm³/mol. The van der Waals surface area contributed by atoms with E-state index >= 15 is 0 Å². The van der Waals surface area contributed by atoms with Crippen molar-refractivity contribution in [2.45, 2.75) is 11.8 Å². The fourth-order valence-electron chi connectivity index (χ4n) is 0.605. The third kappa shape index (κ3) is 1.57. The number of carboxylic acid groups (broad SMARTS) is 1. The smallest absolute Gasteiger partial charge is 0.340 e. The van der Waals surface area contributed by atoms with Gasteiger partial charge in [0.05, 0.1) is 0 Å². The standard InChI is InChI=1S/C5H12N2O4S/c1-2-12(10,11)5(7,3-6)4(8)9/h2-3,6-7H2,1H3,(H,8,9). The second-order valence-corrected chi connectivity index (χ2v) is 4.84. The Labute approximate surface area is 70.5 Å². The van der Waals surface area contributed by atoms with E-state index in [1.165, 1.54) is 6.92 Å². The molecule has 5 N–H and O–H groups in total. The van der Waals surface area contributed by atoms with Crippen molar-refractivity contribution in [1.82, 2.24) is 0 Å². The molecule has 0 bridgehead atoms. The molecule has 0 spiro atoms. The molecule has 0 fully saturated rings. The highest BCUT2D eigenvalue weighted by molar-refractivity contribution is 7.93. The number of rotatable bonds is 4. The molecule has 12 heavy (non-hydrogen) atoms. The van der Waals surface area contributed by atoms with E-state index in [2.05, 4.69) is 0 Å². The Hall–Kier alpha value is -0.660. The molecule has 1 atom stereocenters. The lowest BCUT2D eigenvalue weighted by Crippen LogP contribution is -2.60. The molecule has 1 unspecified atom stereocenters. The quantitative estimate of drug-likeness (QED) is 0.483. The van der Waals surface area contributed by atoms with Crippen LogP contribution in [0.4, 0.5) is 0 Å². The second kappa shape index (κ2) is 3.38. The zero-order valence-corrected chi connectivity index (χ0v) is 7.47. The van der Waals surface area contributed by atoms with E-state index in [9.17, 15) is 13.2 Å². The molecule has 0 aromatic rings. The van der Waals surface area contributed by atoms with Gasteiger partial charge in [-0.25, -0.2) is 13.2 Å². The van der Waals surface area contributed by atoms with Crippen LogP contribution in [0, 0.1) is 0 Å². The van der Waals surface area contributed by atoms with Crippen LogP contribution in [0.1, 0.15) is 6.92 Å². The van der Waals surface area contributed by atoms with E-state index in [1.54, 1.807) is 0 Å². The Morgan fingerprint density at radius 2 is 2.00 bits per heavy atom. The minimum absolute atomic E-state index is 0.340. The molecule has 72 valence electrons. The molecule has 7 heteroatoms. The average Bonchev–Trinajstić information content (AvgIpc) is 2.02. The van der Waals surface area contributed by atoms with Crippen molar-refractivity contribution in [2.24, 2.45) is 11.5 Å². The van der Waals surface area contributed by atoms with Crippen molar-refractivity contribution >= 4 is 15.8 Å². The number of hydrogen-bond acceptors (Lipinski definition) is 5. The maximum Gasteiger partial charge on any atom is 0.340 e. The van der Waals surface area contributed by atoms with Crippen LogP contribution in [0.2, 0.25) is 0 Å². The molecular formula is C5H12N2O4S. The van der Waals surface area contributed by atoms with Gasteiger partial charge in [0.25, 0.3) is 0 Å². The summed E-state index contributed by atoms with van der Waals surface area (Å²) in [5, 5.41) is 8.52. The Morgan fingerprint density at radius 1 is 1.58 bits per heavy atom. The van der Waals surface area contributed by atoms with Gasteiger partial charge in [0.1, 0.15) is 0 Å². The molecule has 0 saturated heterocycles. The van der Waals surface area contributed by atoms with Crippen molar-refractivity contribution in [2.75, 3.05) is 12.3 Å². The van der Waals surface area contributed by atoms with Gasteiger partial charge in [-0.1, -0.05) is 6.92 Å². The number of hydrogen-bond donors (Lipinski definition) is 3. The number of carbonyl (C=O) groups is 1. The van der Waals surface area contributed by atoms with Crippen molar-refractivity contribution in [1.29, 1.82) is 0 Å². The summed E-state index contributed by atoms with van der Waals surface area (Å²) < 4.78 is 22.2. The van der Waals surface area contributed by atoms with Gasteiger partial charge >= 0.3 is 5.97 Å². The number of nitrogens with two attached hydrogens (primary N) is 2. The fraction of sp³-hybridized carbons (Fsp3) is 0.800. The van der Waals surface area contributed by atoms with E-state index in [0.29, 0.717) is 0 Å². The van der Waals surface area contributed by atoms with E-state index in [0.717, 1.165) is 0 Å². The zero-order chi connectivity index (χ0) is 9.99. The first-order valence-electron chi connectivity index (χ1n) is 3.26. The molecule has 0 aliphatic carbocycles. The van der Waals surface area contributed by atoms with Gasteiger partial charge in [-0.15, -0.1) is 0 Å². The summed E-state index contributed by atoms with van der Waals surface area (Å²) in [6.45, 7) is 0.689. The molecule has 0 aromatic carbocycles. The van der Waals surface area contributed by atoms with Crippen LogP contribution in [0.25, 0.3) is 0 Å². The van der Waals surface area contributed by atoms with Gasteiger partial charge in [-0.05, 0) is 0 Å². The average molecular weight is 196 g/mol. The molecule has 0 aromatic heterocycles. The summed E-state index contributed by atoms with van der Waals surface area (Å²) >= 11 is 0. The van der Waals surface area contributed by atoms with Crippen molar-refractivity contribution in [3.05, 3.63) is 0 Å². The largest absolute Gasteiger partial charge is 0.479 e. The van der Waals surface area contributed by atoms with Crippen LogP contribution in [-0.2, 0) is 14.6 Å². The zero-order valence-electron chi connectivity index (χ0n) is 6.65. The van der Waals surface area contributed by atoms with Gasteiger partial charge in [-0.2, -0.15) is 0 Å². The normalized spacial score (nSPS) is 16.9.